The molecule has 0 saturated heterocycles. The zero-order valence-corrected chi connectivity index (χ0v) is 9.08. The van der Waals surface area contributed by atoms with Gasteiger partial charge in [-0.25, -0.2) is 0 Å². The van der Waals surface area contributed by atoms with Gasteiger partial charge in [-0.15, -0.1) is 0 Å². The summed E-state index contributed by atoms with van der Waals surface area (Å²) in [7, 11) is 0. The van der Waals surface area contributed by atoms with E-state index in [0.29, 0.717) is 0 Å². The van der Waals surface area contributed by atoms with Crippen LogP contribution in [0, 0.1) is 0 Å². The third-order valence-electron chi connectivity index (χ3n) is 1.72. The average molecular weight is 157 g/mol. The third kappa shape index (κ3) is 6.11. The molecule has 0 fully saturated rings. The molecule has 0 heterocycles. The highest BCUT2D eigenvalue weighted by molar-refractivity contribution is 5.18. The van der Waals surface area contributed by atoms with Crippen LogP contribution in [0.2, 0.25) is 0 Å². The number of hydrogen-bond donors (Lipinski definition) is 1. The molecule has 0 amide bonds. The lowest BCUT2D eigenvalue weighted by Gasteiger charge is -2.21. The maximum Gasteiger partial charge on any atom is 0.0311 e. The van der Waals surface area contributed by atoms with Crippen molar-refractivity contribution in [2.45, 2.75) is 54.0 Å². The molecule has 0 unspecified atom stereocenters. The highest BCUT2D eigenvalue weighted by Crippen LogP contribution is 2.14. The van der Waals surface area contributed by atoms with Gasteiger partial charge in [0, 0.05) is 5.54 Å². The largest absolute Gasteiger partial charge is 0.322 e. The smallest absolute Gasteiger partial charge is 0.0311 e. The Bertz CT molecular complexity index is 122. The van der Waals surface area contributed by atoms with Crippen molar-refractivity contribution in [3.05, 3.63) is 11.1 Å². The van der Waals surface area contributed by atoms with Crippen molar-refractivity contribution in [3.8, 4) is 0 Å². The van der Waals surface area contributed by atoms with Crippen LogP contribution < -0.4 is 5.73 Å². The Balaban J connectivity index is 0. The van der Waals surface area contributed by atoms with Crippen molar-refractivity contribution in [1.82, 2.24) is 0 Å². The highest BCUT2D eigenvalue weighted by atomic mass is 14.7. The second kappa shape index (κ2) is 5.36. The van der Waals surface area contributed by atoms with Crippen molar-refractivity contribution in [2.75, 3.05) is 0 Å². The van der Waals surface area contributed by atoms with Crippen LogP contribution in [-0.4, -0.2) is 5.54 Å². The summed E-state index contributed by atoms with van der Waals surface area (Å²) in [5.74, 6) is 0. The van der Waals surface area contributed by atoms with Crippen LogP contribution in [0.4, 0.5) is 0 Å². The minimum absolute atomic E-state index is 0.140. The fourth-order valence-electron chi connectivity index (χ4n) is 0.644. The van der Waals surface area contributed by atoms with Gasteiger partial charge in [-0.1, -0.05) is 25.0 Å². The van der Waals surface area contributed by atoms with Crippen LogP contribution in [0.3, 0.4) is 0 Å². The molecule has 2 N–H and O–H groups in total. The molecule has 0 atom stereocenters. The zero-order chi connectivity index (χ0) is 9.65. The second-order valence-electron chi connectivity index (χ2n) is 3.35. The van der Waals surface area contributed by atoms with Crippen LogP contribution in [0.25, 0.3) is 0 Å². The Hall–Kier alpha value is -0.300. The van der Waals surface area contributed by atoms with Gasteiger partial charge in [0.05, 0.1) is 0 Å². The number of rotatable bonds is 1. The molecule has 0 spiro atoms. The van der Waals surface area contributed by atoms with Crippen LogP contribution in [0.15, 0.2) is 11.1 Å². The van der Waals surface area contributed by atoms with Crippen LogP contribution in [0.1, 0.15) is 48.5 Å². The first-order chi connectivity index (χ1) is 4.85. The Kier molecular flexibility index (Phi) is 6.49. The fourth-order valence-corrected chi connectivity index (χ4v) is 0.644. The van der Waals surface area contributed by atoms with E-state index in [-0.39, 0.29) is 5.54 Å². The van der Waals surface area contributed by atoms with Gasteiger partial charge in [0.25, 0.3) is 0 Å². The molecule has 68 valence electrons. The van der Waals surface area contributed by atoms with E-state index in [1.165, 1.54) is 11.1 Å². The molecule has 0 bridgehead atoms. The highest BCUT2D eigenvalue weighted by Gasteiger charge is 2.12. The average Bonchev–Trinajstić information content (AvgIpc) is 1.89. The Labute approximate surface area is 71.7 Å². The molecule has 0 aliphatic heterocycles. The van der Waals surface area contributed by atoms with Gasteiger partial charge < -0.3 is 5.73 Å². The molecule has 0 aliphatic rings. The monoisotopic (exact) mass is 157 g/mol. The molecule has 0 aromatic rings. The van der Waals surface area contributed by atoms with Gasteiger partial charge in [0.2, 0.25) is 0 Å². The molecule has 0 rings (SSSR count). The number of hydrogen-bond acceptors (Lipinski definition) is 1. The van der Waals surface area contributed by atoms with Gasteiger partial charge in [0.1, 0.15) is 0 Å². The van der Waals surface area contributed by atoms with E-state index < -0.39 is 0 Å². The van der Waals surface area contributed by atoms with E-state index in [4.69, 9.17) is 5.73 Å². The maximum atomic E-state index is 5.82. The summed E-state index contributed by atoms with van der Waals surface area (Å²) in [6.45, 7) is 14.3. The summed E-state index contributed by atoms with van der Waals surface area (Å²) >= 11 is 0. The molecule has 11 heavy (non-hydrogen) atoms. The first-order valence-corrected chi connectivity index (χ1v) is 4.29. The summed E-state index contributed by atoms with van der Waals surface area (Å²) in [4.78, 5) is 0. The topological polar surface area (TPSA) is 26.0 Å². The first kappa shape index (κ1) is 13.3. The summed E-state index contributed by atoms with van der Waals surface area (Å²) in [6.07, 6.45) is 0. The molecular formula is C10H23N. The van der Waals surface area contributed by atoms with E-state index in [1.54, 1.807) is 0 Å². The van der Waals surface area contributed by atoms with Crippen LogP contribution in [-0.2, 0) is 0 Å². The summed E-state index contributed by atoms with van der Waals surface area (Å²) in [5.41, 5.74) is 8.28. The normalized spacial score (nSPS) is 9.82. The van der Waals surface area contributed by atoms with E-state index in [1.807, 2.05) is 27.7 Å². The van der Waals surface area contributed by atoms with E-state index in [0.717, 1.165) is 0 Å². The van der Waals surface area contributed by atoms with Gasteiger partial charge in [-0.3, -0.25) is 0 Å². The first-order valence-electron chi connectivity index (χ1n) is 4.29. The standard InChI is InChI=1S/C8H17N.C2H6/c1-6(2)7(3)8(4,5)9;1-2/h9H2,1-5H3;1-2H3. The van der Waals surface area contributed by atoms with Crippen molar-refractivity contribution in [1.29, 1.82) is 0 Å². The summed E-state index contributed by atoms with van der Waals surface area (Å²) < 4.78 is 0. The van der Waals surface area contributed by atoms with Gasteiger partial charge in [-0.05, 0) is 34.6 Å². The molecular weight excluding hydrogens is 134 g/mol. The Morgan fingerprint density at radius 2 is 1.27 bits per heavy atom. The van der Waals surface area contributed by atoms with Crippen LogP contribution in [0.5, 0.6) is 0 Å². The predicted octanol–water partition coefficient (Wildman–Crippen LogP) is 3.11. The summed E-state index contributed by atoms with van der Waals surface area (Å²) in [5, 5.41) is 0. The molecule has 0 aliphatic carbocycles. The molecule has 1 heteroatoms. The second-order valence-corrected chi connectivity index (χ2v) is 3.35. The fraction of sp³-hybridized carbons (Fsp3) is 0.800. The van der Waals surface area contributed by atoms with Crippen molar-refractivity contribution < 1.29 is 0 Å². The molecule has 0 radical (unpaired) electrons. The van der Waals surface area contributed by atoms with Gasteiger partial charge in [-0.2, -0.15) is 0 Å². The Morgan fingerprint density at radius 3 is 1.27 bits per heavy atom. The van der Waals surface area contributed by atoms with Crippen LogP contribution >= 0.6 is 0 Å². The third-order valence-corrected chi connectivity index (χ3v) is 1.72. The predicted molar refractivity (Wildman–Crippen MR) is 53.7 cm³/mol. The minimum Gasteiger partial charge on any atom is -0.322 e. The molecule has 0 aromatic heterocycles. The van der Waals surface area contributed by atoms with Crippen molar-refractivity contribution in [2.24, 2.45) is 5.73 Å². The van der Waals surface area contributed by atoms with Gasteiger partial charge in [0.15, 0.2) is 0 Å². The Morgan fingerprint density at radius 1 is 1.00 bits per heavy atom. The van der Waals surface area contributed by atoms with Gasteiger partial charge >= 0.3 is 0 Å². The lowest BCUT2D eigenvalue weighted by atomic mass is 9.93. The van der Waals surface area contributed by atoms with E-state index >= 15 is 0 Å². The number of allylic oxidation sites excluding steroid dienone is 1. The minimum atomic E-state index is -0.140. The molecule has 0 saturated carbocycles. The molecule has 1 nitrogen and oxygen atoms in total. The lowest BCUT2D eigenvalue weighted by Crippen LogP contribution is -2.33. The van der Waals surface area contributed by atoms with E-state index in [2.05, 4.69) is 20.8 Å². The quantitative estimate of drug-likeness (QED) is 0.581. The molecule has 0 aromatic carbocycles. The number of nitrogens with two attached hydrogens (primary N) is 1. The SMILES string of the molecule is CC.CC(C)=C(C)C(C)(C)N. The van der Waals surface area contributed by atoms with Crippen molar-refractivity contribution >= 4 is 0 Å². The maximum absolute atomic E-state index is 5.82. The van der Waals surface area contributed by atoms with E-state index in [9.17, 15) is 0 Å². The lowest BCUT2D eigenvalue weighted by molar-refractivity contribution is 0.604. The van der Waals surface area contributed by atoms with Crippen molar-refractivity contribution in [3.63, 3.8) is 0 Å². The summed E-state index contributed by atoms with van der Waals surface area (Å²) in [6, 6.07) is 0. The zero-order valence-electron chi connectivity index (χ0n) is 9.08.